The maximum absolute atomic E-state index is 12.6. The van der Waals surface area contributed by atoms with Crippen LogP contribution in [0.3, 0.4) is 0 Å². The fourth-order valence-corrected chi connectivity index (χ4v) is 3.58. The second-order valence-corrected chi connectivity index (χ2v) is 7.12. The molecular formula is C25H26O3. The average molecular weight is 374 g/mol. The highest BCUT2D eigenvalue weighted by atomic mass is 16.5. The van der Waals surface area contributed by atoms with Gasteiger partial charge in [0.15, 0.2) is 5.78 Å². The maximum Gasteiger partial charge on any atom is 0.306 e. The third-order valence-corrected chi connectivity index (χ3v) is 5.19. The minimum Gasteiger partial charge on any atom is -0.469 e. The Labute approximate surface area is 166 Å². The first-order valence-electron chi connectivity index (χ1n) is 9.81. The van der Waals surface area contributed by atoms with Crippen LogP contribution in [-0.2, 0) is 9.53 Å². The molecule has 0 radical (unpaired) electrons. The largest absolute Gasteiger partial charge is 0.469 e. The molecule has 0 spiro atoms. The Bertz CT molecular complexity index is 931. The summed E-state index contributed by atoms with van der Waals surface area (Å²) >= 11 is 0. The van der Waals surface area contributed by atoms with E-state index in [4.69, 9.17) is 4.74 Å². The van der Waals surface area contributed by atoms with Crippen molar-refractivity contribution in [3.05, 3.63) is 83.9 Å². The normalized spacial score (nSPS) is 11.9. The first-order chi connectivity index (χ1) is 13.7. The third-order valence-electron chi connectivity index (χ3n) is 5.19. The molecular weight excluding hydrogens is 348 g/mol. The predicted molar refractivity (Wildman–Crippen MR) is 113 cm³/mol. The molecule has 3 heteroatoms. The van der Waals surface area contributed by atoms with Crippen molar-refractivity contribution in [2.45, 2.75) is 38.0 Å². The highest BCUT2D eigenvalue weighted by molar-refractivity contribution is 5.99. The zero-order valence-corrected chi connectivity index (χ0v) is 16.3. The van der Waals surface area contributed by atoms with Crippen molar-refractivity contribution in [2.24, 2.45) is 0 Å². The van der Waals surface area contributed by atoms with Gasteiger partial charge >= 0.3 is 5.97 Å². The molecule has 0 bridgehead atoms. The first kappa shape index (κ1) is 19.8. The van der Waals surface area contributed by atoms with Crippen molar-refractivity contribution in [1.82, 2.24) is 0 Å². The Hall–Kier alpha value is -2.94. The summed E-state index contributed by atoms with van der Waals surface area (Å²) in [6.45, 7) is 0. The van der Waals surface area contributed by atoms with E-state index in [0.717, 1.165) is 41.2 Å². The highest BCUT2D eigenvalue weighted by Crippen LogP contribution is 2.26. The van der Waals surface area contributed by atoms with Crippen LogP contribution in [0.25, 0.3) is 10.8 Å². The van der Waals surface area contributed by atoms with Crippen LogP contribution in [0, 0.1) is 0 Å². The SMILES string of the molecule is COC(=O)CC(CCCCC(=O)c1ccc2ccccc2c1)c1ccccc1. The van der Waals surface area contributed by atoms with Gasteiger partial charge in [-0.25, -0.2) is 0 Å². The lowest BCUT2D eigenvalue weighted by Gasteiger charge is -2.16. The van der Waals surface area contributed by atoms with Gasteiger partial charge < -0.3 is 4.74 Å². The van der Waals surface area contributed by atoms with E-state index in [0.29, 0.717) is 12.8 Å². The van der Waals surface area contributed by atoms with Crippen molar-refractivity contribution >= 4 is 22.5 Å². The number of Topliss-reactive ketones (excluding diaryl/α,β-unsaturated/α-hetero) is 1. The number of fused-ring (bicyclic) bond motifs is 1. The molecule has 0 fully saturated rings. The van der Waals surface area contributed by atoms with E-state index in [1.54, 1.807) is 0 Å². The quantitative estimate of drug-likeness (QED) is 0.265. The number of benzene rings is 3. The van der Waals surface area contributed by atoms with Crippen LogP contribution < -0.4 is 0 Å². The van der Waals surface area contributed by atoms with E-state index in [1.807, 2.05) is 66.7 Å². The van der Waals surface area contributed by atoms with Gasteiger partial charge in [-0.15, -0.1) is 0 Å². The van der Waals surface area contributed by atoms with Crippen molar-refractivity contribution in [3.63, 3.8) is 0 Å². The zero-order chi connectivity index (χ0) is 19.8. The van der Waals surface area contributed by atoms with Crippen LogP contribution in [0.4, 0.5) is 0 Å². The number of hydrogen-bond donors (Lipinski definition) is 0. The molecule has 0 aliphatic rings. The van der Waals surface area contributed by atoms with Gasteiger partial charge in [0.25, 0.3) is 0 Å². The molecule has 3 aromatic rings. The molecule has 0 saturated heterocycles. The van der Waals surface area contributed by atoms with Crippen molar-refractivity contribution in [2.75, 3.05) is 7.11 Å². The van der Waals surface area contributed by atoms with Crippen LogP contribution in [0.1, 0.15) is 53.9 Å². The van der Waals surface area contributed by atoms with E-state index in [9.17, 15) is 9.59 Å². The van der Waals surface area contributed by atoms with Gasteiger partial charge in [-0.05, 0) is 41.2 Å². The van der Waals surface area contributed by atoms with Gasteiger partial charge in [-0.1, -0.05) is 73.2 Å². The number of unbranched alkanes of at least 4 members (excludes halogenated alkanes) is 1. The Balaban J connectivity index is 1.54. The first-order valence-corrected chi connectivity index (χ1v) is 9.81. The van der Waals surface area contributed by atoms with Gasteiger partial charge in [-0.3, -0.25) is 9.59 Å². The zero-order valence-electron chi connectivity index (χ0n) is 16.3. The number of carbonyl (C=O) groups is 2. The number of rotatable bonds is 9. The van der Waals surface area contributed by atoms with E-state index >= 15 is 0 Å². The van der Waals surface area contributed by atoms with Crippen LogP contribution >= 0.6 is 0 Å². The number of esters is 1. The lowest BCUT2D eigenvalue weighted by molar-refractivity contribution is -0.141. The lowest BCUT2D eigenvalue weighted by atomic mass is 9.90. The maximum atomic E-state index is 12.6. The lowest BCUT2D eigenvalue weighted by Crippen LogP contribution is -2.09. The smallest absolute Gasteiger partial charge is 0.306 e. The van der Waals surface area contributed by atoms with E-state index in [1.165, 1.54) is 7.11 Å². The van der Waals surface area contributed by atoms with Crippen LogP contribution in [0.15, 0.2) is 72.8 Å². The molecule has 0 aromatic heterocycles. The summed E-state index contributed by atoms with van der Waals surface area (Å²) in [5, 5.41) is 2.24. The van der Waals surface area contributed by atoms with Crippen LogP contribution in [0.2, 0.25) is 0 Å². The van der Waals surface area contributed by atoms with E-state index in [2.05, 4.69) is 6.07 Å². The number of ether oxygens (including phenoxy) is 1. The Morgan fingerprint density at radius 3 is 2.32 bits per heavy atom. The fraction of sp³-hybridized carbons (Fsp3) is 0.280. The standard InChI is InChI=1S/C25H26O3/c1-28-25(27)18-22(19-9-3-2-4-10-19)13-7-8-14-24(26)23-16-15-20-11-5-6-12-21(20)17-23/h2-6,9-12,15-17,22H,7-8,13-14,18H2,1H3. The minimum atomic E-state index is -0.193. The predicted octanol–water partition coefficient (Wildman–Crippen LogP) is 5.93. The van der Waals surface area contributed by atoms with Crippen molar-refractivity contribution in [1.29, 1.82) is 0 Å². The average Bonchev–Trinajstić information content (AvgIpc) is 2.75. The van der Waals surface area contributed by atoms with Crippen molar-refractivity contribution in [3.8, 4) is 0 Å². The number of ketones is 1. The highest BCUT2D eigenvalue weighted by Gasteiger charge is 2.16. The van der Waals surface area contributed by atoms with Gasteiger partial charge in [-0.2, -0.15) is 0 Å². The third kappa shape index (κ3) is 5.29. The second kappa shape index (κ2) is 9.84. The molecule has 0 amide bonds. The summed E-state index contributed by atoms with van der Waals surface area (Å²) in [6, 6.07) is 24.0. The molecule has 0 aliphatic carbocycles. The summed E-state index contributed by atoms with van der Waals surface area (Å²) in [7, 11) is 1.42. The van der Waals surface area contributed by atoms with E-state index in [-0.39, 0.29) is 17.7 Å². The summed E-state index contributed by atoms with van der Waals surface area (Å²) in [5.74, 6) is 0.112. The number of carbonyl (C=O) groups excluding carboxylic acids is 2. The molecule has 0 aliphatic heterocycles. The summed E-state index contributed by atoms with van der Waals surface area (Å²) in [5.41, 5.74) is 1.92. The van der Waals surface area contributed by atoms with Gasteiger partial charge in [0, 0.05) is 12.0 Å². The van der Waals surface area contributed by atoms with Crippen molar-refractivity contribution < 1.29 is 14.3 Å². The Morgan fingerprint density at radius 1 is 0.857 bits per heavy atom. The molecule has 0 heterocycles. The molecule has 144 valence electrons. The summed E-state index contributed by atoms with van der Waals surface area (Å²) in [6.07, 6.45) is 3.48. The molecule has 0 N–H and O–H groups in total. The molecule has 0 saturated carbocycles. The molecule has 28 heavy (non-hydrogen) atoms. The van der Waals surface area contributed by atoms with Gasteiger partial charge in [0.05, 0.1) is 13.5 Å². The molecule has 3 rings (SSSR count). The second-order valence-electron chi connectivity index (χ2n) is 7.12. The fourth-order valence-electron chi connectivity index (χ4n) is 3.58. The monoisotopic (exact) mass is 374 g/mol. The van der Waals surface area contributed by atoms with E-state index < -0.39 is 0 Å². The number of methoxy groups -OCH3 is 1. The molecule has 3 aromatic carbocycles. The molecule has 3 nitrogen and oxygen atoms in total. The van der Waals surface area contributed by atoms with Crippen LogP contribution in [0.5, 0.6) is 0 Å². The minimum absolute atomic E-state index is 0.129. The van der Waals surface area contributed by atoms with Crippen LogP contribution in [-0.4, -0.2) is 18.9 Å². The number of hydrogen-bond acceptors (Lipinski definition) is 3. The molecule has 1 unspecified atom stereocenters. The Morgan fingerprint density at radius 2 is 1.57 bits per heavy atom. The Kier molecular flexibility index (Phi) is 6.96. The molecule has 1 atom stereocenters. The van der Waals surface area contributed by atoms with Gasteiger partial charge in [0.2, 0.25) is 0 Å². The van der Waals surface area contributed by atoms with Gasteiger partial charge in [0.1, 0.15) is 0 Å². The topological polar surface area (TPSA) is 43.4 Å². The summed E-state index contributed by atoms with van der Waals surface area (Å²) in [4.78, 5) is 24.3. The summed E-state index contributed by atoms with van der Waals surface area (Å²) < 4.78 is 4.85.